The molecule has 2 atom stereocenters. The molecule has 2 unspecified atom stereocenters. The maximum atomic E-state index is 11.9. The first-order valence-corrected chi connectivity index (χ1v) is 24.8. The second kappa shape index (κ2) is 34.6. The van der Waals surface area contributed by atoms with Crippen molar-refractivity contribution in [1.29, 1.82) is 0 Å². The van der Waals surface area contributed by atoms with Crippen molar-refractivity contribution in [2.75, 3.05) is 92.6 Å². The summed E-state index contributed by atoms with van der Waals surface area (Å²) in [6.45, 7) is 9.73. The Morgan fingerprint density at radius 2 is 1.34 bits per heavy atom. The first-order chi connectivity index (χ1) is 37.1. The van der Waals surface area contributed by atoms with Gasteiger partial charge >= 0.3 is 103 Å². The van der Waals surface area contributed by atoms with Crippen LogP contribution in [0, 0.1) is 0 Å². The maximum Gasteiger partial charge on any atom is 1.00 e. The van der Waals surface area contributed by atoms with Gasteiger partial charge in [-0.15, -0.1) is 35.1 Å². The fourth-order valence-electron chi connectivity index (χ4n) is 7.54. The van der Waals surface area contributed by atoms with E-state index in [0.717, 1.165) is 89.9 Å². The molecule has 372 valence electrons. The van der Waals surface area contributed by atoms with Gasteiger partial charge in [-0.05, 0) is 121 Å². The van der Waals surface area contributed by atoms with Crippen LogP contribution in [0.1, 0.15) is 60.2 Å². The van der Waals surface area contributed by atoms with Gasteiger partial charge in [0.05, 0.1) is 29.7 Å². The van der Waals surface area contributed by atoms with E-state index in [1.54, 1.807) is 11.3 Å². The van der Waals surface area contributed by atoms with E-state index >= 15 is 0 Å². The zero-order valence-electron chi connectivity index (χ0n) is 50.1. The summed E-state index contributed by atoms with van der Waals surface area (Å²) >= 11 is 6.89. The van der Waals surface area contributed by atoms with E-state index in [4.69, 9.17) is 33.2 Å². The largest absolute Gasteiger partial charge is 1.00 e. The number of ether oxygens (including phenoxy) is 2. The number of benzene rings is 4. The van der Waals surface area contributed by atoms with Gasteiger partial charge in [-0.3, -0.25) is 19.3 Å². The van der Waals surface area contributed by atoms with Crippen LogP contribution in [0.5, 0.6) is 11.5 Å². The molecule has 0 radical (unpaired) electrons. The van der Waals surface area contributed by atoms with Crippen LogP contribution in [0.15, 0.2) is 112 Å². The van der Waals surface area contributed by atoms with E-state index in [9.17, 15) is 9.59 Å². The topological polar surface area (TPSA) is 152 Å². The first kappa shape index (κ1) is 48.7. The molecule has 3 N–H and O–H groups in total. The maximum absolute atomic E-state index is 11.9. The van der Waals surface area contributed by atoms with Crippen molar-refractivity contribution >= 4 is 112 Å². The van der Waals surface area contributed by atoms with Crippen molar-refractivity contribution in [2.24, 2.45) is 0 Å². The zero-order valence-corrected chi connectivity index (χ0v) is 49.4. The van der Waals surface area contributed by atoms with Crippen LogP contribution in [0.3, 0.4) is 0 Å². The molecule has 0 aliphatic carbocycles. The minimum absolute atomic E-state index is 0. The number of hydrogen-bond acceptors (Lipinski definition) is 13. The number of aromatic amines is 1. The molecular weight excluding hydrogens is 1080 g/mol. The van der Waals surface area contributed by atoms with E-state index in [-0.39, 0.29) is 207 Å². The number of carbonyl (C=O) groups is 2. The summed E-state index contributed by atoms with van der Waals surface area (Å²) in [4.78, 5) is 44.6. The number of alkyl halides is 1. The van der Waals surface area contributed by atoms with Gasteiger partial charge in [-0.1, -0.05) is 41.5 Å². The molecule has 3 aromatic heterocycles. The molecule has 0 saturated carbocycles. The Hall–Kier alpha value is -1.93. The fourth-order valence-corrected chi connectivity index (χ4v) is 9.55. The van der Waals surface area contributed by atoms with E-state index < -0.39 is 36.3 Å². The molecule has 6 heterocycles. The third-order valence-corrected chi connectivity index (χ3v) is 13.2. The molecule has 13 nitrogen and oxygen atoms in total. The summed E-state index contributed by atoms with van der Waals surface area (Å²) < 4.78 is 93.9. The van der Waals surface area contributed by atoms with Crippen LogP contribution in [0.25, 0.3) is 31.1 Å². The minimum atomic E-state index is -1.36. The number of unbranched alkanes of at least 4 members (excludes halogenated alkanes) is 2. The van der Waals surface area contributed by atoms with Gasteiger partial charge in [0.2, 0.25) is 11.5 Å². The number of fused-ring (bicyclic) bond motifs is 4. The molecule has 10 rings (SSSR count). The molecule has 4 aromatic carbocycles. The fraction of sp³-hybridized carbons (Fsp3) is 0.365. The van der Waals surface area contributed by atoms with Gasteiger partial charge in [-0.2, -0.15) is 0 Å². The van der Waals surface area contributed by atoms with Crippen molar-refractivity contribution in [3.8, 4) is 11.5 Å². The number of aromatic nitrogens is 1. The van der Waals surface area contributed by atoms with Gasteiger partial charge < -0.3 is 46.5 Å². The minimum Gasteiger partial charge on any atom is -1.00 e. The molecule has 2 saturated heterocycles. The third-order valence-electron chi connectivity index (χ3n) is 10.8. The molecule has 2 fully saturated rings. The van der Waals surface area contributed by atoms with Crippen LogP contribution in [0.2, 0.25) is 0 Å². The van der Waals surface area contributed by atoms with Crippen LogP contribution < -0.4 is 143 Å². The quantitative estimate of drug-likeness (QED) is 0.0365. The normalized spacial score (nSPS) is 17.9. The molecule has 3 aliphatic heterocycles. The third kappa shape index (κ3) is 19.6. The molecular formula is C52H64BrClK2N6O7S2. The monoisotopic (exact) mass is 1150 g/mol. The predicted molar refractivity (Wildman–Crippen MR) is 291 cm³/mol. The molecule has 0 spiro atoms. The Morgan fingerprint density at radius 1 is 0.761 bits per heavy atom. The predicted octanol–water partition coefficient (Wildman–Crippen LogP) is 3.77. The molecule has 71 heavy (non-hydrogen) atoms. The SMILES string of the molecule is C.Cl.O=CO[O-].[2H]c1c(OCCCCN2CCN(c3cccc4sccc34)CC2)c([2H])c2[nH]c(=O)c([2H])c([2H])c2c1[2H].[2H]c1c([2H])c2c(c([2H])c1OCCCCBr)NC(=O)C([2H])C2[2H].[H-].[K+].[K+].c1cc(N2CCNCC2)c2ccsc2c1. The Balaban J connectivity index is 0.000000427. The van der Waals surface area contributed by atoms with Crippen LogP contribution >= 0.6 is 51.0 Å². The van der Waals surface area contributed by atoms with E-state index in [1.807, 2.05) is 11.3 Å². The van der Waals surface area contributed by atoms with Crippen molar-refractivity contribution in [1.82, 2.24) is 15.2 Å². The van der Waals surface area contributed by atoms with Crippen molar-refractivity contribution in [3.63, 3.8) is 0 Å². The Bertz CT molecular complexity index is 3260. The summed E-state index contributed by atoms with van der Waals surface area (Å²) in [5, 5.41) is 22.0. The zero-order chi connectivity index (χ0) is 55.3. The molecule has 19 heteroatoms. The number of nitrogens with zero attached hydrogens (tertiary/aromatic N) is 3. The average Bonchev–Trinajstić information content (AvgIpc) is 4.26. The number of H-pyrrole nitrogens is 1. The second-order valence-electron chi connectivity index (χ2n) is 15.3. The molecule has 1 amide bonds. The first-order valence-electron chi connectivity index (χ1n) is 27.1. The van der Waals surface area contributed by atoms with Gasteiger partial charge in [0.25, 0.3) is 6.47 Å². The number of hydrogen-bond donors (Lipinski definition) is 3. The van der Waals surface area contributed by atoms with Gasteiger partial charge in [0.15, 0.2) is 0 Å². The Morgan fingerprint density at radius 3 is 1.96 bits per heavy atom. The van der Waals surface area contributed by atoms with E-state index in [1.165, 1.54) is 31.5 Å². The number of thiophene rings is 2. The van der Waals surface area contributed by atoms with Gasteiger partial charge in [0.1, 0.15) is 11.5 Å². The average molecular weight is 1150 g/mol. The number of nitrogens with one attached hydrogen (secondary N) is 3. The molecule has 7 aromatic rings. The summed E-state index contributed by atoms with van der Waals surface area (Å²) in [6.07, 6.45) is 0.609. The number of amides is 1. The summed E-state index contributed by atoms with van der Waals surface area (Å²) in [6, 6.07) is 14.9. The number of anilines is 3. The number of pyridine rings is 1. The van der Waals surface area contributed by atoms with Crippen molar-refractivity contribution < 1.29 is 147 Å². The second-order valence-corrected chi connectivity index (χ2v) is 17.9. The Kier molecular flexibility index (Phi) is 23.7. The van der Waals surface area contributed by atoms with E-state index in [2.05, 4.69) is 110 Å². The standard InChI is InChI=1S/C25H27N3O2S.C13H16BrNO2.C12H14N2S.CH2O3.CH4.ClH.2K.H/c29-25-9-7-19-6-8-20(18-22(19)26-25)30-16-2-1-11-27-12-14-28(15-13-27)23-4-3-5-24-21(23)10-17-31-24;14-7-1-2-8-17-11-5-3-10-4-6-13(16)15-12(10)9-11;1-2-11(14-7-5-13-6-8-14)10-4-9-15-12(10)3-1;2-1-4-3;;;;;/h3-10,17-18H,1-2,11-16H2,(H,26,29);3,5,9H,1-2,4,6-8H2,(H,15,16);1-4,9,13H,5-8H2;1,3H;1H4;1H;;;/q;;;;;;2*+1;-1/p-1/i6D,7D,8D,9D,18D;3D,4D,5D,6D,9D;;;;;;;. The number of piperazine rings is 2. The smallest absolute Gasteiger partial charge is 1.00 e. The summed E-state index contributed by atoms with van der Waals surface area (Å²) in [5.41, 5.74) is 1.94. The van der Waals surface area contributed by atoms with Crippen LogP contribution in [0.4, 0.5) is 17.1 Å². The Labute approximate surface area is 540 Å². The van der Waals surface area contributed by atoms with Crippen LogP contribution in [-0.4, -0.2) is 99.7 Å². The summed E-state index contributed by atoms with van der Waals surface area (Å²) in [5.74, 6) is -0.811. The van der Waals surface area contributed by atoms with Gasteiger partial charge in [0, 0.05) is 122 Å². The number of rotatable bonds is 14. The number of halogens is 2. The van der Waals surface area contributed by atoms with Crippen molar-refractivity contribution in [3.05, 3.63) is 124 Å². The number of carbonyl (C=O) groups excluding carboxylic acids is 2. The van der Waals surface area contributed by atoms with Gasteiger partial charge in [-0.25, -0.2) is 0 Å². The molecule has 0 bridgehead atoms. The van der Waals surface area contributed by atoms with Crippen LogP contribution in [-0.2, 0) is 20.9 Å². The molecule has 3 aliphatic rings. The van der Waals surface area contributed by atoms with E-state index in [0.29, 0.717) is 6.61 Å². The van der Waals surface area contributed by atoms with Crippen molar-refractivity contribution in [2.45, 2.75) is 45.9 Å². The summed E-state index contributed by atoms with van der Waals surface area (Å²) in [7, 11) is 0.